The van der Waals surface area contributed by atoms with Gasteiger partial charge in [0.15, 0.2) is 0 Å². The number of nitrogens with one attached hydrogen (secondary N) is 1. The topological polar surface area (TPSA) is 52.6 Å². The molecule has 0 aromatic heterocycles. The first-order chi connectivity index (χ1) is 11.6. The molecule has 2 atom stereocenters. The number of phenols is 1. The number of rotatable bonds is 5. The fourth-order valence-electron chi connectivity index (χ4n) is 3.32. The van der Waals surface area contributed by atoms with Crippen LogP contribution in [-0.4, -0.2) is 35.0 Å². The van der Waals surface area contributed by atoms with Crippen molar-refractivity contribution in [1.29, 1.82) is 0 Å². The first-order valence-corrected chi connectivity index (χ1v) is 8.44. The molecule has 0 bridgehead atoms. The van der Waals surface area contributed by atoms with Crippen LogP contribution >= 0.6 is 0 Å². The lowest BCUT2D eigenvalue weighted by atomic mass is 10.1. The van der Waals surface area contributed by atoms with Gasteiger partial charge in [0.05, 0.1) is 6.42 Å². The number of nitrogens with zero attached hydrogens (tertiary/aromatic N) is 1. The summed E-state index contributed by atoms with van der Waals surface area (Å²) >= 11 is 0. The zero-order chi connectivity index (χ0) is 16.9. The van der Waals surface area contributed by atoms with Crippen molar-refractivity contribution in [3.05, 3.63) is 65.7 Å². The maximum Gasteiger partial charge on any atom is 0.224 e. The van der Waals surface area contributed by atoms with E-state index in [1.165, 1.54) is 5.56 Å². The number of carbonyl (C=O) groups is 1. The molecule has 0 spiro atoms. The summed E-state index contributed by atoms with van der Waals surface area (Å²) in [5.41, 5.74) is 1.97. The molecule has 4 heteroatoms. The number of likely N-dealkylation sites (tertiary alicyclic amines) is 1. The van der Waals surface area contributed by atoms with Crippen LogP contribution < -0.4 is 5.32 Å². The zero-order valence-electron chi connectivity index (χ0n) is 14.0. The Hall–Kier alpha value is -2.33. The van der Waals surface area contributed by atoms with Crippen molar-refractivity contribution in [3.63, 3.8) is 0 Å². The van der Waals surface area contributed by atoms with Crippen molar-refractivity contribution < 1.29 is 9.90 Å². The number of benzene rings is 2. The second-order valence-electron chi connectivity index (χ2n) is 6.64. The van der Waals surface area contributed by atoms with Crippen LogP contribution in [0.3, 0.4) is 0 Å². The van der Waals surface area contributed by atoms with Crippen molar-refractivity contribution >= 4 is 5.91 Å². The number of hydrogen-bond donors (Lipinski definition) is 2. The maximum absolute atomic E-state index is 12.3. The third kappa shape index (κ3) is 4.15. The van der Waals surface area contributed by atoms with Crippen molar-refractivity contribution in [2.45, 2.75) is 25.9 Å². The molecule has 0 radical (unpaired) electrons. The monoisotopic (exact) mass is 324 g/mol. The normalized spacial score (nSPS) is 20.9. The van der Waals surface area contributed by atoms with E-state index in [1.54, 1.807) is 18.2 Å². The summed E-state index contributed by atoms with van der Waals surface area (Å²) in [5.74, 6) is 0.565. The molecule has 24 heavy (non-hydrogen) atoms. The molecule has 1 aliphatic heterocycles. The first kappa shape index (κ1) is 16.5. The second-order valence-corrected chi connectivity index (χ2v) is 6.64. The van der Waals surface area contributed by atoms with Gasteiger partial charge in [0.1, 0.15) is 5.75 Å². The van der Waals surface area contributed by atoms with Crippen molar-refractivity contribution in [2.75, 3.05) is 13.1 Å². The van der Waals surface area contributed by atoms with Crippen LogP contribution in [0, 0.1) is 5.92 Å². The molecule has 1 aliphatic rings. The van der Waals surface area contributed by atoms with Gasteiger partial charge < -0.3 is 10.4 Å². The van der Waals surface area contributed by atoms with Crippen LogP contribution in [0.1, 0.15) is 18.1 Å². The Kier molecular flexibility index (Phi) is 5.16. The molecule has 2 aromatic carbocycles. The summed E-state index contributed by atoms with van der Waals surface area (Å²) in [6, 6.07) is 17.6. The molecule has 1 heterocycles. The Labute approximate surface area is 143 Å². The van der Waals surface area contributed by atoms with E-state index in [0.717, 1.165) is 19.6 Å². The van der Waals surface area contributed by atoms with Gasteiger partial charge in [-0.15, -0.1) is 0 Å². The van der Waals surface area contributed by atoms with Gasteiger partial charge in [-0.25, -0.2) is 0 Å². The van der Waals surface area contributed by atoms with Crippen LogP contribution in [0.2, 0.25) is 0 Å². The molecular weight excluding hydrogens is 300 g/mol. The molecule has 2 N–H and O–H groups in total. The van der Waals surface area contributed by atoms with E-state index < -0.39 is 0 Å². The average molecular weight is 324 g/mol. The predicted molar refractivity (Wildman–Crippen MR) is 94.6 cm³/mol. The molecule has 4 nitrogen and oxygen atoms in total. The molecule has 126 valence electrons. The molecule has 2 aromatic rings. The van der Waals surface area contributed by atoms with Crippen molar-refractivity contribution in [3.8, 4) is 5.75 Å². The minimum absolute atomic E-state index is 0.0325. The Morgan fingerprint density at radius 3 is 2.58 bits per heavy atom. The Bertz CT molecular complexity index is 687. The first-order valence-electron chi connectivity index (χ1n) is 8.44. The molecule has 1 amide bonds. The van der Waals surface area contributed by atoms with Gasteiger partial charge in [-0.05, 0) is 17.5 Å². The van der Waals surface area contributed by atoms with E-state index in [0.29, 0.717) is 11.5 Å². The predicted octanol–water partition coefficient (Wildman–Crippen LogP) is 2.57. The highest BCUT2D eigenvalue weighted by molar-refractivity contribution is 5.79. The molecule has 0 aliphatic carbocycles. The van der Waals surface area contributed by atoms with Crippen LogP contribution in [0.15, 0.2) is 54.6 Å². The minimum atomic E-state index is -0.0325. The Morgan fingerprint density at radius 1 is 1.12 bits per heavy atom. The van der Waals surface area contributed by atoms with Gasteiger partial charge >= 0.3 is 0 Å². The van der Waals surface area contributed by atoms with Gasteiger partial charge in [0.2, 0.25) is 5.91 Å². The van der Waals surface area contributed by atoms with Gasteiger partial charge in [-0.3, -0.25) is 9.69 Å². The number of para-hydroxylation sites is 1. The molecule has 3 rings (SSSR count). The number of amides is 1. The highest BCUT2D eigenvalue weighted by Gasteiger charge is 2.30. The summed E-state index contributed by atoms with van der Waals surface area (Å²) in [5, 5.41) is 12.9. The van der Waals surface area contributed by atoms with Crippen LogP contribution in [0.25, 0.3) is 0 Å². The van der Waals surface area contributed by atoms with Crippen molar-refractivity contribution in [1.82, 2.24) is 10.2 Å². The van der Waals surface area contributed by atoms with Gasteiger partial charge in [-0.2, -0.15) is 0 Å². The number of aromatic hydroxyl groups is 1. The Balaban J connectivity index is 1.54. The lowest BCUT2D eigenvalue weighted by Gasteiger charge is -2.17. The van der Waals surface area contributed by atoms with E-state index in [2.05, 4.69) is 41.4 Å². The van der Waals surface area contributed by atoms with E-state index in [1.807, 2.05) is 12.1 Å². The van der Waals surface area contributed by atoms with Crippen molar-refractivity contribution in [2.24, 2.45) is 5.92 Å². The van der Waals surface area contributed by atoms with Crippen LogP contribution in [-0.2, 0) is 17.8 Å². The zero-order valence-corrected chi connectivity index (χ0v) is 14.0. The lowest BCUT2D eigenvalue weighted by molar-refractivity contribution is -0.121. The quantitative estimate of drug-likeness (QED) is 0.889. The standard InChI is InChI=1S/C20H24N2O2/c1-15-12-22(13-16-7-3-2-4-8-16)14-18(15)21-20(24)11-17-9-5-6-10-19(17)23/h2-10,15,18,23H,11-14H2,1H3,(H,21,24)/t15-,18+/m0/s1. The number of carbonyl (C=O) groups excluding carboxylic acids is 1. The highest BCUT2D eigenvalue weighted by atomic mass is 16.3. The number of hydrogen-bond acceptors (Lipinski definition) is 3. The average Bonchev–Trinajstić information content (AvgIpc) is 2.90. The van der Waals surface area contributed by atoms with Gasteiger partial charge in [0, 0.05) is 31.2 Å². The lowest BCUT2D eigenvalue weighted by Crippen LogP contribution is -2.40. The Morgan fingerprint density at radius 2 is 1.83 bits per heavy atom. The van der Waals surface area contributed by atoms with E-state index in [-0.39, 0.29) is 24.1 Å². The summed E-state index contributed by atoms with van der Waals surface area (Å²) in [6.45, 7) is 4.94. The van der Waals surface area contributed by atoms with Crippen LogP contribution in [0.5, 0.6) is 5.75 Å². The smallest absolute Gasteiger partial charge is 0.224 e. The molecule has 0 unspecified atom stereocenters. The van der Waals surface area contributed by atoms with E-state index in [9.17, 15) is 9.90 Å². The van der Waals surface area contributed by atoms with E-state index in [4.69, 9.17) is 0 Å². The molecule has 1 fully saturated rings. The van der Waals surface area contributed by atoms with Crippen LogP contribution in [0.4, 0.5) is 0 Å². The van der Waals surface area contributed by atoms with Gasteiger partial charge in [0.25, 0.3) is 0 Å². The molecule has 0 saturated carbocycles. The largest absolute Gasteiger partial charge is 0.508 e. The summed E-state index contributed by atoms with van der Waals surface area (Å²) in [4.78, 5) is 14.7. The SMILES string of the molecule is C[C@H]1CN(Cc2ccccc2)C[C@H]1NC(=O)Cc1ccccc1O. The third-order valence-corrected chi connectivity index (χ3v) is 4.63. The van der Waals surface area contributed by atoms with E-state index >= 15 is 0 Å². The van der Waals surface area contributed by atoms with Gasteiger partial charge in [-0.1, -0.05) is 55.5 Å². The number of phenolic OH excluding ortho intramolecular Hbond substituents is 1. The fraction of sp³-hybridized carbons (Fsp3) is 0.350. The highest BCUT2D eigenvalue weighted by Crippen LogP contribution is 2.20. The maximum atomic E-state index is 12.3. The summed E-state index contributed by atoms with van der Waals surface area (Å²) in [7, 11) is 0. The summed E-state index contributed by atoms with van der Waals surface area (Å²) in [6.07, 6.45) is 0.217. The summed E-state index contributed by atoms with van der Waals surface area (Å²) < 4.78 is 0. The molecular formula is C20H24N2O2. The third-order valence-electron chi connectivity index (χ3n) is 4.63. The minimum Gasteiger partial charge on any atom is -0.508 e. The molecule has 1 saturated heterocycles. The second kappa shape index (κ2) is 7.49. The fourth-order valence-corrected chi connectivity index (χ4v) is 3.32.